The zero-order chi connectivity index (χ0) is 11.6. The van der Waals surface area contributed by atoms with E-state index in [-0.39, 0.29) is 0 Å². The summed E-state index contributed by atoms with van der Waals surface area (Å²) in [6, 6.07) is 0.940. The van der Waals surface area contributed by atoms with Crippen molar-refractivity contribution in [2.45, 2.75) is 63.1 Å². The summed E-state index contributed by atoms with van der Waals surface area (Å²) < 4.78 is 0. The van der Waals surface area contributed by atoms with E-state index in [0.29, 0.717) is 12.1 Å². The van der Waals surface area contributed by atoms with Crippen molar-refractivity contribution < 1.29 is 5.11 Å². The van der Waals surface area contributed by atoms with E-state index in [1.54, 1.807) is 0 Å². The Kier molecular flexibility index (Phi) is 3.88. The molecule has 0 spiro atoms. The molecule has 3 heteroatoms. The topological polar surface area (TPSA) is 44.3 Å². The van der Waals surface area contributed by atoms with Crippen LogP contribution in [0.15, 0.2) is 0 Å². The standard InChI is InChI=1S/C13H26N2O/c1-10-5-8-15-12(9-10)13(16)6-3-11(14-2)4-7-13/h10-12,14-16H,3-9H2,1-2H3. The van der Waals surface area contributed by atoms with Crippen LogP contribution in [0, 0.1) is 5.92 Å². The Morgan fingerprint density at radius 1 is 1.25 bits per heavy atom. The maximum absolute atomic E-state index is 10.7. The highest BCUT2D eigenvalue weighted by molar-refractivity contribution is 4.98. The van der Waals surface area contributed by atoms with Crippen LogP contribution in [0.25, 0.3) is 0 Å². The van der Waals surface area contributed by atoms with Gasteiger partial charge in [0.15, 0.2) is 0 Å². The second kappa shape index (κ2) is 5.03. The zero-order valence-electron chi connectivity index (χ0n) is 10.6. The van der Waals surface area contributed by atoms with Crippen LogP contribution in [-0.2, 0) is 0 Å². The van der Waals surface area contributed by atoms with Crippen LogP contribution in [0.4, 0.5) is 0 Å². The number of hydrogen-bond donors (Lipinski definition) is 3. The summed E-state index contributed by atoms with van der Waals surface area (Å²) in [6.07, 6.45) is 6.51. The molecule has 1 heterocycles. The van der Waals surface area contributed by atoms with Crippen molar-refractivity contribution in [3.05, 3.63) is 0 Å². The summed E-state index contributed by atoms with van der Waals surface area (Å²) in [5.74, 6) is 0.761. The Morgan fingerprint density at radius 2 is 1.94 bits per heavy atom. The first-order valence-electron chi connectivity index (χ1n) is 6.77. The molecule has 2 atom stereocenters. The molecule has 0 bridgehead atoms. The van der Waals surface area contributed by atoms with Crippen molar-refractivity contribution in [3.8, 4) is 0 Å². The third kappa shape index (κ3) is 2.58. The molecule has 0 aromatic carbocycles. The summed E-state index contributed by atoms with van der Waals surface area (Å²) in [7, 11) is 2.02. The molecular weight excluding hydrogens is 200 g/mol. The zero-order valence-corrected chi connectivity index (χ0v) is 10.6. The van der Waals surface area contributed by atoms with Gasteiger partial charge in [0.1, 0.15) is 0 Å². The number of piperidine rings is 1. The van der Waals surface area contributed by atoms with Gasteiger partial charge in [0.25, 0.3) is 0 Å². The van der Waals surface area contributed by atoms with Crippen LogP contribution < -0.4 is 10.6 Å². The van der Waals surface area contributed by atoms with Gasteiger partial charge in [0.2, 0.25) is 0 Å². The van der Waals surface area contributed by atoms with Crippen LogP contribution in [0.1, 0.15) is 45.4 Å². The van der Waals surface area contributed by atoms with Gasteiger partial charge < -0.3 is 15.7 Å². The van der Waals surface area contributed by atoms with Crippen LogP contribution in [0.2, 0.25) is 0 Å². The van der Waals surface area contributed by atoms with Gasteiger partial charge in [0.05, 0.1) is 5.60 Å². The largest absolute Gasteiger partial charge is 0.388 e. The Hall–Kier alpha value is -0.120. The smallest absolute Gasteiger partial charge is 0.0801 e. The highest BCUT2D eigenvalue weighted by Crippen LogP contribution is 2.35. The van der Waals surface area contributed by atoms with Gasteiger partial charge in [-0.05, 0) is 58.0 Å². The number of rotatable bonds is 2. The van der Waals surface area contributed by atoms with Crippen molar-refractivity contribution >= 4 is 0 Å². The molecule has 1 aliphatic carbocycles. The van der Waals surface area contributed by atoms with Crippen LogP contribution in [0.5, 0.6) is 0 Å². The molecule has 2 unspecified atom stereocenters. The molecule has 2 aliphatic rings. The lowest BCUT2D eigenvalue weighted by Crippen LogP contribution is -2.56. The Bertz CT molecular complexity index is 224. The summed E-state index contributed by atoms with van der Waals surface area (Å²) in [4.78, 5) is 0. The highest BCUT2D eigenvalue weighted by atomic mass is 16.3. The van der Waals surface area contributed by atoms with E-state index in [1.165, 1.54) is 6.42 Å². The average molecular weight is 226 g/mol. The monoisotopic (exact) mass is 226 g/mol. The summed E-state index contributed by atoms with van der Waals surface area (Å²) in [5.41, 5.74) is -0.442. The fraction of sp³-hybridized carbons (Fsp3) is 1.00. The van der Waals surface area contributed by atoms with E-state index in [0.717, 1.165) is 44.6 Å². The first-order valence-corrected chi connectivity index (χ1v) is 6.77. The molecule has 0 amide bonds. The second-order valence-electron chi connectivity index (χ2n) is 5.80. The van der Waals surface area contributed by atoms with Crippen LogP contribution >= 0.6 is 0 Å². The molecule has 16 heavy (non-hydrogen) atoms. The minimum absolute atomic E-state index is 0.328. The van der Waals surface area contributed by atoms with Gasteiger partial charge in [-0.3, -0.25) is 0 Å². The van der Waals surface area contributed by atoms with E-state index in [4.69, 9.17) is 0 Å². The van der Waals surface area contributed by atoms with Gasteiger partial charge in [-0.25, -0.2) is 0 Å². The molecule has 1 saturated carbocycles. The predicted octanol–water partition coefficient (Wildman–Crippen LogP) is 1.27. The lowest BCUT2D eigenvalue weighted by Gasteiger charge is -2.44. The number of hydrogen-bond acceptors (Lipinski definition) is 3. The van der Waals surface area contributed by atoms with E-state index in [2.05, 4.69) is 17.6 Å². The molecular formula is C13H26N2O. The highest BCUT2D eigenvalue weighted by Gasteiger charge is 2.41. The second-order valence-corrected chi connectivity index (χ2v) is 5.80. The molecule has 1 aliphatic heterocycles. The molecule has 2 rings (SSSR count). The van der Waals surface area contributed by atoms with Gasteiger partial charge in [0, 0.05) is 12.1 Å². The fourth-order valence-electron chi connectivity index (χ4n) is 3.27. The van der Waals surface area contributed by atoms with Crippen molar-refractivity contribution in [1.82, 2.24) is 10.6 Å². The summed E-state index contributed by atoms with van der Waals surface area (Å²) in [5, 5.41) is 17.6. The maximum Gasteiger partial charge on any atom is 0.0801 e. The first-order chi connectivity index (χ1) is 7.64. The van der Waals surface area contributed by atoms with Crippen molar-refractivity contribution in [2.75, 3.05) is 13.6 Å². The Morgan fingerprint density at radius 3 is 2.50 bits per heavy atom. The molecule has 0 aromatic rings. The van der Waals surface area contributed by atoms with Gasteiger partial charge in [-0.15, -0.1) is 0 Å². The van der Waals surface area contributed by atoms with Gasteiger partial charge in [-0.2, -0.15) is 0 Å². The normalized spacial score (nSPS) is 45.6. The average Bonchev–Trinajstić information content (AvgIpc) is 2.30. The number of nitrogens with one attached hydrogen (secondary N) is 2. The minimum Gasteiger partial charge on any atom is -0.388 e. The molecule has 0 aromatic heterocycles. The molecule has 94 valence electrons. The van der Waals surface area contributed by atoms with E-state index in [9.17, 15) is 5.11 Å². The van der Waals surface area contributed by atoms with E-state index >= 15 is 0 Å². The first kappa shape index (κ1) is 12.3. The minimum atomic E-state index is -0.442. The summed E-state index contributed by atoms with van der Waals surface area (Å²) in [6.45, 7) is 3.38. The molecule has 0 radical (unpaired) electrons. The van der Waals surface area contributed by atoms with Crippen LogP contribution in [-0.4, -0.2) is 36.4 Å². The molecule has 3 N–H and O–H groups in total. The van der Waals surface area contributed by atoms with Gasteiger partial charge >= 0.3 is 0 Å². The van der Waals surface area contributed by atoms with Crippen molar-refractivity contribution in [1.29, 1.82) is 0 Å². The van der Waals surface area contributed by atoms with E-state index < -0.39 is 5.60 Å². The molecule has 1 saturated heterocycles. The van der Waals surface area contributed by atoms with Crippen molar-refractivity contribution in [3.63, 3.8) is 0 Å². The molecule has 2 fully saturated rings. The van der Waals surface area contributed by atoms with Crippen LogP contribution in [0.3, 0.4) is 0 Å². The Balaban J connectivity index is 1.92. The van der Waals surface area contributed by atoms with Gasteiger partial charge in [-0.1, -0.05) is 6.92 Å². The third-order valence-corrected chi connectivity index (χ3v) is 4.57. The fourth-order valence-corrected chi connectivity index (χ4v) is 3.27. The lowest BCUT2D eigenvalue weighted by molar-refractivity contribution is -0.0475. The quantitative estimate of drug-likeness (QED) is 0.664. The summed E-state index contributed by atoms with van der Waals surface area (Å²) >= 11 is 0. The molecule has 3 nitrogen and oxygen atoms in total. The predicted molar refractivity (Wildman–Crippen MR) is 66.5 cm³/mol. The lowest BCUT2D eigenvalue weighted by atomic mass is 9.73. The maximum atomic E-state index is 10.7. The third-order valence-electron chi connectivity index (χ3n) is 4.57. The van der Waals surface area contributed by atoms with Crippen molar-refractivity contribution in [2.24, 2.45) is 5.92 Å². The van der Waals surface area contributed by atoms with E-state index in [1.807, 2.05) is 7.05 Å². The Labute approximate surface area is 99.0 Å². The SMILES string of the molecule is CNC1CCC(O)(C2CC(C)CCN2)CC1. The number of aliphatic hydroxyl groups is 1.